The molecule has 0 saturated heterocycles. The van der Waals surface area contributed by atoms with Gasteiger partial charge < -0.3 is 10.1 Å². The van der Waals surface area contributed by atoms with E-state index in [0.717, 1.165) is 11.3 Å². The van der Waals surface area contributed by atoms with Crippen molar-refractivity contribution in [1.29, 1.82) is 0 Å². The van der Waals surface area contributed by atoms with Gasteiger partial charge >= 0.3 is 5.97 Å². The zero-order chi connectivity index (χ0) is 13.5. The minimum absolute atomic E-state index is 0.241. The topological polar surface area (TPSA) is 38.3 Å². The number of aryl methyl sites for hydroxylation is 2. The molecule has 5 heteroatoms. The molecule has 0 saturated carbocycles. The normalized spacial score (nSPS) is 9.94. The van der Waals surface area contributed by atoms with Crippen molar-refractivity contribution in [3.63, 3.8) is 0 Å². The Balaban J connectivity index is 2.47. The Morgan fingerprint density at radius 1 is 1.44 bits per heavy atom. The van der Waals surface area contributed by atoms with Crippen molar-refractivity contribution in [2.45, 2.75) is 20.8 Å². The highest BCUT2D eigenvalue weighted by molar-refractivity contribution is 8.23. The van der Waals surface area contributed by atoms with E-state index in [2.05, 4.69) is 11.4 Å². The van der Waals surface area contributed by atoms with Crippen LogP contribution in [0.15, 0.2) is 18.2 Å². The molecule has 1 aromatic rings. The number of hydrogen-bond donors (Lipinski definition) is 1. The minimum Gasteiger partial charge on any atom is -0.465 e. The van der Waals surface area contributed by atoms with Gasteiger partial charge in [-0.05, 0) is 32.4 Å². The third kappa shape index (κ3) is 5.06. The minimum atomic E-state index is -0.243. The van der Waals surface area contributed by atoms with Crippen LogP contribution in [-0.4, -0.2) is 22.6 Å². The van der Waals surface area contributed by atoms with Gasteiger partial charge in [-0.1, -0.05) is 41.7 Å². The van der Waals surface area contributed by atoms with Crippen molar-refractivity contribution in [1.82, 2.24) is 0 Å². The van der Waals surface area contributed by atoms with E-state index in [0.29, 0.717) is 10.9 Å². The lowest BCUT2D eigenvalue weighted by molar-refractivity contribution is -0.139. The number of nitrogens with one attached hydrogen (secondary N) is 1. The molecule has 0 amide bonds. The molecule has 0 heterocycles. The maximum atomic E-state index is 11.2. The summed E-state index contributed by atoms with van der Waals surface area (Å²) in [5.74, 6) is -0.00260. The number of benzene rings is 1. The van der Waals surface area contributed by atoms with Crippen molar-refractivity contribution in [3.8, 4) is 0 Å². The van der Waals surface area contributed by atoms with Gasteiger partial charge in [-0.2, -0.15) is 0 Å². The molecule has 0 aliphatic heterocycles. The van der Waals surface area contributed by atoms with Crippen LogP contribution in [0, 0.1) is 13.8 Å². The number of anilines is 1. The van der Waals surface area contributed by atoms with E-state index in [1.807, 2.05) is 26.0 Å². The Bertz CT molecular complexity index is 447. The summed E-state index contributed by atoms with van der Waals surface area (Å²) in [6.07, 6.45) is 0. The molecule has 1 rings (SSSR count). The Labute approximate surface area is 117 Å². The number of thiocarbonyl (C=S) groups is 1. The predicted octanol–water partition coefficient (Wildman–Crippen LogP) is 3.30. The van der Waals surface area contributed by atoms with E-state index >= 15 is 0 Å². The van der Waals surface area contributed by atoms with Crippen LogP contribution in [0.3, 0.4) is 0 Å². The average molecular weight is 283 g/mol. The SMILES string of the molecule is CCOC(=O)CSC(=S)Nc1ccc(C)cc1C. The molecule has 98 valence electrons. The highest BCUT2D eigenvalue weighted by Crippen LogP contribution is 2.18. The Morgan fingerprint density at radius 3 is 2.78 bits per heavy atom. The van der Waals surface area contributed by atoms with Crippen LogP contribution in [0.25, 0.3) is 0 Å². The molecule has 0 aromatic heterocycles. The van der Waals surface area contributed by atoms with Crippen molar-refractivity contribution in [3.05, 3.63) is 29.3 Å². The number of hydrogen-bond acceptors (Lipinski definition) is 4. The van der Waals surface area contributed by atoms with Crippen molar-refractivity contribution in [2.75, 3.05) is 17.7 Å². The number of carbonyl (C=O) groups is 1. The first-order valence-corrected chi connectivity index (χ1v) is 7.09. The van der Waals surface area contributed by atoms with E-state index in [9.17, 15) is 4.79 Å². The second-order valence-electron chi connectivity index (χ2n) is 3.82. The second-order valence-corrected chi connectivity index (χ2v) is 5.48. The number of thioether (sulfide) groups is 1. The molecule has 18 heavy (non-hydrogen) atoms. The van der Waals surface area contributed by atoms with Gasteiger partial charge in [0.15, 0.2) is 0 Å². The van der Waals surface area contributed by atoms with Crippen LogP contribution in [0.4, 0.5) is 5.69 Å². The molecule has 3 nitrogen and oxygen atoms in total. The van der Waals surface area contributed by atoms with Crippen LogP contribution in [0.5, 0.6) is 0 Å². The predicted molar refractivity (Wildman–Crippen MR) is 81.2 cm³/mol. The molecular weight excluding hydrogens is 266 g/mol. The molecule has 0 radical (unpaired) electrons. The number of carbonyl (C=O) groups excluding carboxylic acids is 1. The van der Waals surface area contributed by atoms with E-state index in [1.165, 1.54) is 17.3 Å². The van der Waals surface area contributed by atoms with Gasteiger partial charge in [-0.15, -0.1) is 0 Å². The molecule has 0 aliphatic carbocycles. The second kappa shape index (κ2) is 7.38. The van der Waals surface area contributed by atoms with Crippen LogP contribution in [0.2, 0.25) is 0 Å². The fourth-order valence-electron chi connectivity index (χ4n) is 1.43. The lowest BCUT2D eigenvalue weighted by atomic mass is 10.1. The summed E-state index contributed by atoms with van der Waals surface area (Å²) < 4.78 is 5.41. The summed E-state index contributed by atoms with van der Waals surface area (Å²) in [6.45, 7) is 6.25. The summed E-state index contributed by atoms with van der Waals surface area (Å²) in [5, 5.41) is 3.12. The van der Waals surface area contributed by atoms with E-state index < -0.39 is 0 Å². The quantitative estimate of drug-likeness (QED) is 0.678. The van der Waals surface area contributed by atoms with Crippen LogP contribution in [0.1, 0.15) is 18.1 Å². The molecule has 0 fully saturated rings. The molecule has 0 atom stereocenters. The zero-order valence-electron chi connectivity index (χ0n) is 10.8. The Kier molecular flexibility index (Phi) is 6.15. The van der Waals surface area contributed by atoms with Crippen molar-refractivity contribution < 1.29 is 9.53 Å². The van der Waals surface area contributed by atoms with Crippen LogP contribution in [-0.2, 0) is 9.53 Å². The Morgan fingerprint density at radius 2 is 2.17 bits per heavy atom. The summed E-state index contributed by atoms with van der Waals surface area (Å²) in [7, 11) is 0. The lowest BCUT2D eigenvalue weighted by Gasteiger charge is -2.10. The van der Waals surface area contributed by atoms with Crippen LogP contribution < -0.4 is 5.32 Å². The fraction of sp³-hybridized carbons (Fsp3) is 0.385. The summed E-state index contributed by atoms with van der Waals surface area (Å²) in [5.41, 5.74) is 3.32. The third-order valence-electron chi connectivity index (χ3n) is 2.25. The smallest absolute Gasteiger partial charge is 0.316 e. The molecule has 1 aromatic carbocycles. The van der Waals surface area contributed by atoms with Gasteiger partial charge in [0.1, 0.15) is 4.32 Å². The number of ether oxygens (including phenoxy) is 1. The maximum Gasteiger partial charge on any atom is 0.316 e. The largest absolute Gasteiger partial charge is 0.465 e. The van der Waals surface area contributed by atoms with Crippen LogP contribution >= 0.6 is 24.0 Å². The van der Waals surface area contributed by atoms with Crippen molar-refractivity contribution >= 4 is 40.0 Å². The van der Waals surface area contributed by atoms with Gasteiger partial charge in [0.05, 0.1) is 12.4 Å². The Hall–Kier alpha value is -1.07. The molecule has 0 bridgehead atoms. The monoisotopic (exact) mass is 283 g/mol. The zero-order valence-corrected chi connectivity index (χ0v) is 12.4. The summed E-state index contributed by atoms with van der Waals surface area (Å²) in [4.78, 5) is 11.2. The van der Waals surface area contributed by atoms with E-state index in [1.54, 1.807) is 6.92 Å². The molecule has 0 aliphatic rings. The molecular formula is C13H17NO2S2. The number of esters is 1. The first-order chi connectivity index (χ1) is 8.52. The average Bonchev–Trinajstić information content (AvgIpc) is 2.31. The van der Waals surface area contributed by atoms with Gasteiger partial charge in [0.25, 0.3) is 0 Å². The van der Waals surface area contributed by atoms with Gasteiger partial charge in [-0.25, -0.2) is 0 Å². The van der Waals surface area contributed by atoms with Gasteiger partial charge in [0, 0.05) is 5.69 Å². The third-order valence-corrected chi connectivity index (χ3v) is 3.44. The highest BCUT2D eigenvalue weighted by atomic mass is 32.2. The first-order valence-electron chi connectivity index (χ1n) is 5.69. The van der Waals surface area contributed by atoms with E-state index in [-0.39, 0.29) is 11.7 Å². The first kappa shape index (κ1) is 15.0. The summed E-state index contributed by atoms with van der Waals surface area (Å²) >= 11 is 6.45. The van der Waals surface area contributed by atoms with Gasteiger partial charge in [0.2, 0.25) is 0 Å². The summed E-state index contributed by atoms with van der Waals surface area (Å²) in [6, 6.07) is 6.09. The molecule has 0 unspecified atom stereocenters. The molecule has 0 spiro atoms. The lowest BCUT2D eigenvalue weighted by Crippen LogP contribution is -2.12. The van der Waals surface area contributed by atoms with Gasteiger partial charge in [-0.3, -0.25) is 4.79 Å². The van der Waals surface area contributed by atoms with Crippen molar-refractivity contribution in [2.24, 2.45) is 0 Å². The van der Waals surface area contributed by atoms with E-state index in [4.69, 9.17) is 17.0 Å². The maximum absolute atomic E-state index is 11.2. The standard InChI is InChI=1S/C13H17NO2S2/c1-4-16-12(15)8-18-13(17)14-11-6-5-9(2)7-10(11)3/h5-7H,4,8H2,1-3H3,(H,14,17). The molecule has 1 N–H and O–H groups in total. The highest BCUT2D eigenvalue weighted by Gasteiger charge is 2.06. The fourth-order valence-corrected chi connectivity index (χ4v) is 2.23. The number of rotatable bonds is 4.